The van der Waals surface area contributed by atoms with Crippen LogP contribution in [0.5, 0.6) is 0 Å². The van der Waals surface area contributed by atoms with E-state index >= 15 is 0 Å². The van der Waals surface area contributed by atoms with Crippen molar-refractivity contribution in [1.29, 1.82) is 10.5 Å². The maximum atomic E-state index is 9.47. The summed E-state index contributed by atoms with van der Waals surface area (Å²) in [5, 5.41) is 45.9. The fourth-order valence-corrected chi connectivity index (χ4v) is 4.35. The van der Waals surface area contributed by atoms with E-state index in [1.54, 1.807) is 6.92 Å². The smallest absolute Gasteiger partial charge is 0.157 e. The van der Waals surface area contributed by atoms with Crippen molar-refractivity contribution in [2.24, 2.45) is 10.2 Å². The first-order chi connectivity index (χ1) is 17.4. The molecule has 0 amide bonds. The normalized spacial score (nSPS) is 17.5. The number of aliphatic hydroxyl groups is 2. The van der Waals surface area contributed by atoms with E-state index in [9.17, 15) is 10.5 Å². The van der Waals surface area contributed by atoms with E-state index in [1.165, 1.54) is 11.3 Å². The monoisotopic (exact) mass is 517 g/mol. The lowest BCUT2D eigenvalue weighted by atomic mass is 9.85. The van der Waals surface area contributed by atoms with Crippen LogP contribution < -0.4 is 0 Å². The van der Waals surface area contributed by atoms with Crippen LogP contribution in [0.25, 0.3) is 0 Å². The maximum absolute atomic E-state index is 9.47. The molecule has 10 nitrogen and oxygen atoms in total. The minimum absolute atomic E-state index is 0.00664. The number of allylic oxidation sites excluding steroid dienone is 1. The molecule has 1 aromatic rings. The van der Waals surface area contributed by atoms with Gasteiger partial charge in [-0.05, 0) is 44.4 Å². The van der Waals surface area contributed by atoms with Crippen molar-refractivity contribution in [2.75, 3.05) is 65.9 Å². The number of azo groups is 1. The molecule has 2 N–H and O–H groups in total. The Morgan fingerprint density at radius 3 is 2.17 bits per heavy atom. The summed E-state index contributed by atoms with van der Waals surface area (Å²) in [6, 6.07) is 4.24. The molecule has 36 heavy (non-hydrogen) atoms. The van der Waals surface area contributed by atoms with Crippen molar-refractivity contribution in [3.8, 4) is 12.1 Å². The van der Waals surface area contributed by atoms with Gasteiger partial charge in [-0.3, -0.25) is 0 Å². The molecule has 11 heteroatoms. The Bertz CT molecular complexity index is 1020. The Morgan fingerprint density at radius 2 is 1.61 bits per heavy atom. The zero-order chi connectivity index (χ0) is 26.4. The average Bonchev–Trinajstić information content (AvgIpc) is 3.19. The molecule has 0 radical (unpaired) electrons. The Morgan fingerprint density at radius 1 is 1.00 bits per heavy atom. The number of hydrogen-bond acceptors (Lipinski definition) is 11. The Hall–Kier alpha value is -2.64. The Kier molecular flexibility index (Phi) is 12.7. The number of rotatable bonds is 16. The third kappa shape index (κ3) is 8.49. The third-order valence-corrected chi connectivity index (χ3v) is 6.93. The van der Waals surface area contributed by atoms with Gasteiger partial charge in [0.2, 0.25) is 0 Å². The molecule has 1 aromatic heterocycles. The van der Waals surface area contributed by atoms with E-state index in [1.807, 2.05) is 13.8 Å². The van der Waals surface area contributed by atoms with E-state index < -0.39 is 5.54 Å². The predicted octanol–water partition coefficient (Wildman–Crippen LogP) is 3.21. The van der Waals surface area contributed by atoms with Gasteiger partial charge in [-0.25, -0.2) is 0 Å². The maximum Gasteiger partial charge on any atom is 0.157 e. The summed E-state index contributed by atoms with van der Waals surface area (Å²) in [6.45, 7) is 9.44. The molecule has 1 atom stereocenters. The summed E-state index contributed by atoms with van der Waals surface area (Å²) in [4.78, 5) is 2.65. The average molecular weight is 518 g/mol. The summed E-state index contributed by atoms with van der Waals surface area (Å²) in [6.07, 6.45) is 4.80. The standard InChI is InChI=1S/C25H35N5O5S/c1-19-16-21(30(6-10-33-12-8-31)7-11-34-14-15-35-13-9-32)4-5-25(19,3)29-28-24-22(17-26)20(2)23(18-27)36-24/h4,16,31-32H,5-15H2,1-3H3. The molecule has 0 aromatic carbocycles. The molecule has 0 saturated carbocycles. The first-order valence-corrected chi connectivity index (χ1v) is 12.7. The Labute approximate surface area is 216 Å². The van der Waals surface area contributed by atoms with Gasteiger partial charge in [0.25, 0.3) is 0 Å². The molecule has 0 fully saturated rings. The Balaban J connectivity index is 2.07. The minimum Gasteiger partial charge on any atom is -0.394 e. The van der Waals surface area contributed by atoms with Crippen LogP contribution in [0.4, 0.5) is 5.00 Å². The molecule has 2 rings (SSSR count). The quantitative estimate of drug-likeness (QED) is 0.251. The van der Waals surface area contributed by atoms with Gasteiger partial charge < -0.3 is 29.3 Å². The molecular weight excluding hydrogens is 482 g/mol. The highest BCUT2D eigenvalue weighted by atomic mass is 32.1. The molecule has 1 aliphatic rings. The highest BCUT2D eigenvalue weighted by Gasteiger charge is 2.30. The van der Waals surface area contributed by atoms with Crippen LogP contribution in [0.15, 0.2) is 33.7 Å². The van der Waals surface area contributed by atoms with Gasteiger partial charge in [-0.2, -0.15) is 15.6 Å². The zero-order valence-electron chi connectivity index (χ0n) is 21.2. The van der Waals surface area contributed by atoms with E-state index in [-0.39, 0.29) is 13.2 Å². The lowest BCUT2D eigenvalue weighted by molar-refractivity contribution is 0.0257. The number of aliphatic hydroxyl groups excluding tert-OH is 2. The molecule has 0 aliphatic heterocycles. The largest absolute Gasteiger partial charge is 0.394 e. The van der Waals surface area contributed by atoms with E-state index in [0.717, 1.165) is 11.3 Å². The first-order valence-electron chi connectivity index (χ1n) is 11.9. The summed E-state index contributed by atoms with van der Waals surface area (Å²) < 4.78 is 16.3. The van der Waals surface area contributed by atoms with Crippen LogP contribution in [-0.4, -0.2) is 86.6 Å². The molecule has 0 spiro atoms. The van der Waals surface area contributed by atoms with Crippen molar-refractivity contribution in [2.45, 2.75) is 32.7 Å². The number of hydrogen-bond donors (Lipinski definition) is 2. The van der Waals surface area contributed by atoms with Gasteiger partial charge in [-0.1, -0.05) is 6.08 Å². The number of nitriles is 2. The van der Waals surface area contributed by atoms with Gasteiger partial charge >= 0.3 is 0 Å². The molecule has 0 bridgehead atoms. The second-order valence-corrected chi connectivity index (χ2v) is 9.36. The van der Waals surface area contributed by atoms with Crippen molar-refractivity contribution >= 4 is 16.3 Å². The lowest BCUT2D eigenvalue weighted by Crippen LogP contribution is -2.34. The van der Waals surface area contributed by atoms with Crippen LogP contribution in [0.2, 0.25) is 0 Å². The van der Waals surface area contributed by atoms with Gasteiger partial charge in [0.1, 0.15) is 22.6 Å². The van der Waals surface area contributed by atoms with Crippen molar-refractivity contribution < 1.29 is 24.4 Å². The second kappa shape index (κ2) is 15.5. The third-order valence-electron chi connectivity index (χ3n) is 5.85. The lowest BCUT2D eigenvalue weighted by Gasteiger charge is -2.33. The SMILES string of the molecule is CC1=CC(N(CCOCCO)CCOCCOCCO)=CCC1(C)N=Nc1sc(C#N)c(C)c1C#N. The number of nitrogens with zero attached hydrogens (tertiary/aromatic N) is 5. The summed E-state index contributed by atoms with van der Waals surface area (Å²) in [5.74, 6) is 0. The summed E-state index contributed by atoms with van der Waals surface area (Å²) in [5.41, 5.74) is 2.53. The van der Waals surface area contributed by atoms with Crippen LogP contribution in [0.1, 0.15) is 36.3 Å². The van der Waals surface area contributed by atoms with Crippen LogP contribution in [-0.2, 0) is 14.2 Å². The van der Waals surface area contributed by atoms with Crippen LogP contribution in [0, 0.1) is 29.6 Å². The highest BCUT2D eigenvalue weighted by molar-refractivity contribution is 7.16. The van der Waals surface area contributed by atoms with Gasteiger partial charge in [-0.15, -0.1) is 16.5 Å². The topological polar surface area (TPSA) is 144 Å². The molecule has 1 unspecified atom stereocenters. The van der Waals surface area contributed by atoms with Crippen LogP contribution >= 0.6 is 11.3 Å². The summed E-state index contributed by atoms with van der Waals surface area (Å²) in [7, 11) is 0. The predicted molar refractivity (Wildman–Crippen MR) is 136 cm³/mol. The molecular formula is C25H35N5O5S. The fourth-order valence-electron chi connectivity index (χ4n) is 3.48. The molecule has 1 heterocycles. The molecule has 0 saturated heterocycles. The highest BCUT2D eigenvalue weighted by Crippen LogP contribution is 2.38. The fraction of sp³-hybridized carbons (Fsp3) is 0.600. The van der Waals surface area contributed by atoms with Crippen molar-refractivity contribution in [1.82, 2.24) is 4.90 Å². The minimum atomic E-state index is -0.569. The van der Waals surface area contributed by atoms with E-state index in [0.29, 0.717) is 80.2 Å². The van der Waals surface area contributed by atoms with E-state index in [2.05, 4.69) is 39.4 Å². The van der Waals surface area contributed by atoms with Crippen molar-refractivity contribution in [3.63, 3.8) is 0 Å². The van der Waals surface area contributed by atoms with Gasteiger partial charge in [0.15, 0.2) is 5.00 Å². The molecule has 1 aliphatic carbocycles. The number of ether oxygens (including phenoxy) is 3. The number of thiophene rings is 1. The first kappa shape index (κ1) is 29.6. The van der Waals surface area contributed by atoms with E-state index in [4.69, 9.17) is 24.4 Å². The second-order valence-electron chi connectivity index (χ2n) is 8.37. The van der Waals surface area contributed by atoms with Crippen LogP contribution in [0.3, 0.4) is 0 Å². The van der Waals surface area contributed by atoms with Gasteiger partial charge in [0.05, 0.1) is 58.4 Å². The zero-order valence-corrected chi connectivity index (χ0v) is 22.0. The summed E-state index contributed by atoms with van der Waals surface area (Å²) >= 11 is 1.18. The van der Waals surface area contributed by atoms with Gasteiger partial charge in [0, 0.05) is 18.8 Å². The molecule has 196 valence electrons. The van der Waals surface area contributed by atoms with Crippen molar-refractivity contribution in [3.05, 3.63) is 39.4 Å².